The lowest BCUT2D eigenvalue weighted by Gasteiger charge is -2.04. The molecule has 0 spiro atoms. The van der Waals surface area contributed by atoms with Crippen molar-refractivity contribution in [3.63, 3.8) is 0 Å². The van der Waals surface area contributed by atoms with E-state index in [0.717, 1.165) is 0 Å². The van der Waals surface area contributed by atoms with Crippen LogP contribution in [0.25, 0.3) is 0 Å². The molecule has 2 rings (SSSR count). The van der Waals surface area contributed by atoms with Gasteiger partial charge < -0.3 is 14.9 Å². The largest absolute Gasteiger partial charge is 0.395 e. The molecule has 0 aliphatic rings. The summed E-state index contributed by atoms with van der Waals surface area (Å²) in [5.74, 6) is 4.62. The van der Waals surface area contributed by atoms with Gasteiger partial charge in [-0.2, -0.15) is 0 Å². The standard InChI is InChI=1S/C14H11FN2O3/c15-11-4-5-12(10(9-11)3-1-2-7-18)14(19)16-13-6-8-20-17-13/h4-6,8-9,18H,2,7H2,(H,16,17,19). The number of anilines is 1. The number of carbonyl (C=O) groups excluding carboxylic acids is 1. The molecule has 6 heteroatoms. The molecule has 1 amide bonds. The van der Waals surface area contributed by atoms with Gasteiger partial charge in [-0.05, 0) is 18.2 Å². The summed E-state index contributed by atoms with van der Waals surface area (Å²) in [6.45, 7) is -0.0945. The van der Waals surface area contributed by atoms with E-state index in [2.05, 4.69) is 26.8 Å². The van der Waals surface area contributed by atoms with E-state index < -0.39 is 11.7 Å². The average molecular weight is 274 g/mol. The summed E-state index contributed by atoms with van der Waals surface area (Å²) in [7, 11) is 0. The number of carbonyl (C=O) groups is 1. The maximum Gasteiger partial charge on any atom is 0.258 e. The summed E-state index contributed by atoms with van der Waals surface area (Å²) in [5.41, 5.74) is 0.472. The molecule has 0 saturated heterocycles. The third-order valence-corrected chi connectivity index (χ3v) is 2.37. The van der Waals surface area contributed by atoms with Crippen LogP contribution in [-0.4, -0.2) is 22.8 Å². The SMILES string of the molecule is O=C(Nc1ccon1)c1ccc(F)cc1C#CCCO. The molecule has 0 aliphatic heterocycles. The Morgan fingerprint density at radius 2 is 2.30 bits per heavy atom. The van der Waals surface area contributed by atoms with Crippen LogP contribution in [0.15, 0.2) is 35.1 Å². The van der Waals surface area contributed by atoms with E-state index in [1.54, 1.807) is 0 Å². The van der Waals surface area contributed by atoms with Crippen LogP contribution < -0.4 is 5.32 Å². The first-order chi connectivity index (χ1) is 9.70. The predicted molar refractivity (Wildman–Crippen MR) is 69.4 cm³/mol. The highest BCUT2D eigenvalue weighted by atomic mass is 19.1. The van der Waals surface area contributed by atoms with Crippen LogP contribution in [0.2, 0.25) is 0 Å². The van der Waals surface area contributed by atoms with Crippen molar-refractivity contribution in [3.8, 4) is 11.8 Å². The lowest BCUT2D eigenvalue weighted by Crippen LogP contribution is -2.14. The van der Waals surface area contributed by atoms with E-state index >= 15 is 0 Å². The highest BCUT2D eigenvalue weighted by Crippen LogP contribution is 2.13. The van der Waals surface area contributed by atoms with Crippen LogP contribution in [0.4, 0.5) is 10.2 Å². The van der Waals surface area contributed by atoms with Crippen molar-refractivity contribution in [3.05, 3.63) is 47.5 Å². The molecular weight excluding hydrogens is 263 g/mol. The smallest absolute Gasteiger partial charge is 0.258 e. The van der Waals surface area contributed by atoms with Gasteiger partial charge in [0.25, 0.3) is 5.91 Å². The zero-order valence-electron chi connectivity index (χ0n) is 10.4. The highest BCUT2D eigenvalue weighted by molar-refractivity contribution is 6.05. The lowest BCUT2D eigenvalue weighted by molar-refractivity contribution is 0.102. The molecule has 102 valence electrons. The molecule has 1 aromatic carbocycles. The molecule has 1 aromatic heterocycles. The number of hydrogen-bond donors (Lipinski definition) is 2. The Morgan fingerprint density at radius 1 is 1.45 bits per heavy atom. The van der Waals surface area contributed by atoms with Gasteiger partial charge >= 0.3 is 0 Å². The van der Waals surface area contributed by atoms with E-state index in [9.17, 15) is 9.18 Å². The van der Waals surface area contributed by atoms with Crippen LogP contribution in [0.3, 0.4) is 0 Å². The molecule has 2 aromatic rings. The molecule has 0 unspecified atom stereocenters. The average Bonchev–Trinajstić information content (AvgIpc) is 2.92. The highest BCUT2D eigenvalue weighted by Gasteiger charge is 2.12. The summed E-state index contributed by atoms with van der Waals surface area (Å²) >= 11 is 0. The van der Waals surface area contributed by atoms with Crippen LogP contribution >= 0.6 is 0 Å². The Balaban J connectivity index is 2.26. The molecular formula is C14H11FN2O3. The Hall–Kier alpha value is -2.65. The summed E-state index contributed by atoms with van der Waals surface area (Å²) < 4.78 is 17.8. The first-order valence-corrected chi connectivity index (χ1v) is 5.81. The minimum Gasteiger partial charge on any atom is -0.395 e. The van der Waals surface area contributed by atoms with E-state index in [4.69, 9.17) is 5.11 Å². The van der Waals surface area contributed by atoms with Crippen molar-refractivity contribution in [1.29, 1.82) is 0 Å². The number of aliphatic hydroxyl groups excluding tert-OH is 1. The number of nitrogens with one attached hydrogen (secondary N) is 1. The number of aromatic nitrogens is 1. The van der Waals surface area contributed by atoms with Gasteiger partial charge in [0, 0.05) is 18.1 Å². The van der Waals surface area contributed by atoms with Gasteiger partial charge in [-0.15, -0.1) is 0 Å². The van der Waals surface area contributed by atoms with Gasteiger partial charge in [-0.1, -0.05) is 17.0 Å². The zero-order valence-corrected chi connectivity index (χ0v) is 10.4. The number of aliphatic hydroxyl groups is 1. The van der Waals surface area contributed by atoms with E-state index in [-0.39, 0.29) is 30.0 Å². The fourth-order valence-corrected chi connectivity index (χ4v) is 1.49. The van der Waals surface area contributed by atoms with Crippen LogP contribution in [0, 0.1) is 17.7 Å². The Bertz CT molecular complexity index is 657. The van der Waals surface area contributed by atoms with E-state index in [1.165, 1.54) is 30.5 Å². The molecule has 0 fully saturated rings. The minimum atomic E-state index is -0.490. The van der Waals surface area contributed by atoms with Crippen LogP contribution in [0.5, 0.6) is 0 Å². The van der Waals surface area contributed by atoms with Gasteiger partial charge in [-0.25, -0.2) is 4.39 Å². The number of amides is 1. The van der Waals surface area contributed by atoms with Gasteiger partial charge in [-0.3, -0.25) is 4.79 Å². The summed E-state index contributed by atoms with van der Waals surface area (Å²) in [4.78, 5) is 12.0. The first-order valence-electron chi connectivity index (χ1n) is 5.81. The predicted octanol–water partition coefficient (Wildman–Crippen LogP) is 1.80. The summed E-state index contributed by atoms with van der Waals surface area (Å²) in [5, 5.41) is 14.7. The fraction of sp³-hybridized carbons (Fsp3) is 0.143. The number of hydrogen-bond acceptors (Lipinski definition) is 4. The second-order valence-electron chi connectivity index (χ2n) is 3.80. The van der Waals surface area contributed by atoms with E-state index in [0.29, 0.717) is 0 Å². The Labute approximate surface area is 114 Å². The second-order valence-corrected chi connectivity index (χ2v) is 3.80. The van der Waals surface area contributed by atoms with Gasteiger partial charge in [0.1, 0.15) is 12.1 Å². The van der Waals surface area contributed by atoms with Gasteiger partial charge in [0.15, 0.2) is 5.82 Å². The minimum absolute atomic E-state index is 0.0945. The molecule has 0 radical (unpaired) electrons. The number of rotatable bonds is 3. The Kier molecular flexibility index (Phi) is 4.47. The van der Waals surface area contributed by atoms with Gasteiger partial charge in [0.05, 0.1) is 12.2 Å². The monoisotopic (exact) mass is 274 g/mol. The summed E-state index contributed by atoms with van der Waals surface area (Å²) in [6.07, 6.45) is 1.57. The maximum absolute atomic E-state index is 13.2. The van der Waals surface area contributed by atoms with Crippen molar-refractivity contribution in [2.24, 2.45) is 0 Å². The third kappa shape index (κ3) is 3.43. The normalized spacial score (nSPS) is 9.70. The molecule has 0 bridgehead atoms. The van der Waals surface area contributed by atoms with Crippen LogP contribution in [-0.2, 0) is 0 Å². The molecule has 5 nitrogen and oxygen atoms in total. The third-order valence-electron chi connectivity index (χ3n) is 2.37. The molecule has 1 heterocycles. The van der Waals surface area contributed by atoms with Crippen molar-refractivity contribution < 1.29 is 18.8 Å². The second kappa shape index (κ2) is 6.50. The van der Waals surface area contributed by atoms with Crippen molar-refractivity contribution in [1.82, 2.24) is 5.16 Å². The molecule has 0 aliphatic carbocycles. The van der Waals surface area contributed by atoms with Gasteiger partial charge in [0.2, 0.25) is 0 Å². The zero-order chi connectivity index (χ0) is 14.4. The maximum atomic E-state index is 13.2. The molecule has 20 heavy (non-hydrogen) atoms. The van der Waals surface area contributed by atoms with Crippen molar-refractivity contribution in [2.75, 3.05) is 11.9 Å². The topological polar surface area (TPSA) is 75.4 Å². The quantitative estimate of drug-likeness (QED) is 0.837. The van der Waals surface area contributed by atoms with E-state index in [1.807, 2.05) is 0 Å². The molecule has 2 N–H and O–H groups in total. The fourth-order valence-electron chi connectivity index (χ4n) is 1.49. The Morgan fingerprint density at radius 3 is 3.00 bits per heavy atom. The number of benzene rings is 1. The number of nitrogens with zero attached hydrogens (tertiary/aromatic N) is 1. The van der Waals surface area contributed by atoms with Crippen LogP contribution in [0.1, 0.15) is 22.3 Å². The number of halogens is 1. The first kappa shape index (κ1) is 13.8. The molecule has 0 atom stereocenters. The molecule has 0 saturated carbocycles. The van der Waals surface area contributed by atoms with Crippen molar-refractivity contribution >= 4 is 11.7 Å². The lowest BCUT2D eigenvalue weighted by atomic mass is 10.1. The van der Waals surface area contributed by atoms with Crippen molar-refractivity contribution in [2.45, 2.75) is 6.42 Å². The summed E-state index contributed by atoms with van der Waals surface area (Å²) in [6, 6.07) is 5.17.